The van der Waals surface area contributed by atoms with E-state index in [0.717, 1.165) is 13.1 Å². The summed E-state index contributed by atoms with van der Waals surface area (Å²) in [5.74, 6) is 0. The Balaban J connectivity index is 2.09. The highest BCUT2D eigenvalue weighted by molar-refractivity contribution is 5.30. The van der Waals surface area contributed by atoms with Gasteiger partial charge in [0.25, 0.3) is 0 Å². The van der Waals surface area contributed by atoms with Crippen LogP contribution in [0, 0.1) is 13.8 Å². The molecular formula is C19H28N2. The Labute approximate surface area is 129 Å². The zero-order valence-electron chi connectivity index (χ0n) is 13.8. The third kappa shape index (κ3) is 4.21. The lowest BCUT2D eigenvalue weighted by Gasteiger charge is -2.15. The smallest absolute Gasteiger partial charge is 0.0470 e. The molecule has 0 saturated carbocycles. The highest BCUT2D eigenvalue weighted by Crippen LogP contribution is 2.20. The van der Waals surface area contributed by atoms with Gasteiger partial charge in [0.15, 0.2) is 0 Å². The Bertz CT molecular complexity index is 563. The fourth-order valence-electron chi connectivity index (χ4n) is 2.80. The van der Waals surface area contributed by atoms with Crippen molar-refractivity contribution in [2.45, 2.75) is 53.1 Å². The second-order valence-corrected chi connectivity index (χ2v) is 5.93. The number of rotatable bonds is 7. The minimum absolute atomic E-state index is 0.487. The largest absolute Gasteiger partial charge is 0.350 e. The van der Waals surface area contributed by atoms with Gasteiger partial charge >= 0.3 is 0 Å². The third-order valence-electron chi connectivity index (χ3n) is 4.14. The van der Waals surface area contributed by atoms with Gasteiger partial charge in [-0.3, -0.25) is 0 Å². The Kier molecular flexibility index (Phi) is 5.63. The molecule has 1 heterocycles. The first-order valence-corrected chi connectivity index (χ1v) is 8.09. The minimum atomic E-state index is 0.487. The molecule has 2 rings (SSSR count). The standard InChI is InChI=1S/C19H28N2/c1-5-7-19(20-6-2)18-10-11-21(14-18)13-17-9-8-15(3)16(4)12-17/h8-12,14,19-20H,5-7,13H2,1-4H3. The summed E-state index contributed by atoms with van der Waals surface area (Å²) in [4.78, 5) is 0. The molecule has 0 aliphatic carbocycles. The number of hydrogen-bond donors (Lipinski definition) is 1. The molecule has 114 valence electrons. The second-order valence-electron chi connectivity index (χ2n) is 5.93. The van der Waals surface area contributed by atoms with Crippen LogP contribution in [0.5, 0.6) is 0 Å². The van der Waals surface area contributed by atoms with E-state index in [4.69, 9.17) is 0 Å². The summed E-state index contributed by atoms with van der Waals surface area (Å²) < 4.78 is 2.29. The first-order valence-electron chi connectivity index (χ1n) is 8.09. The molecule has 1 unspecified atom stereocenters. The molecule has 0 aliphatic heterocycles. The molecule has 0 amide bonds. The van der Waals surface area contributed by atoms with Crippen molar-refractivity contribution >= 4 is 0 Å². The minimum Gasteiger partial charge on any atom is -0.350 e. The Hall–Kier alpha value is -1.54. The molecule has 2 heteroatoms. The van der Waals surface area contributed by atoms with Crippen molar-refractivity contribution in [3.05, 3.63) is 58.9 Å². The molecule has 1 aromatic carbocycles. The van der Waals surface area contributed by atoms with Gasteiger partial charge in [0.05, 0.1) is 0 Å². The van der Waals surface area contributed by atoms with Gasteiger partial charge in [0, 0.05) is 25.0 Å². The molecule has 0 saturated heterocycles. The molecule has 0 aliphatic rings. The van der Waals surface area contributed by atoms with Crippen LogP contribution in [0.2, 0.25) is 0 Å². The maximum absolute atomic E-state index is 3.58. The van der Waals surface area contributed by atoms with Crippen LogP contribution in [0.15, 0.2) is 36.7 Å². The second kappa shape index (κ2) is 7.46. The normalized spacial score (nSPS) is 12.6. The molecule has 2 aromatic rings. The van der Waals surface area contributed by atoms with Crippen molar-refractivity contribution in [1.29, 1.82) is 0 Å². The van der Waals surface area contributed by atoms with Crippen LogP contribution in [-0.2, 0) is 6.54 Å². The van der Waals surface area contributed by atoms with Crippen molar-refractivity contribution in [2.75, 3.05) is 6.54 Å². The monoisotopic (exact) mass is 284 g/mol. The number of aryl methyl sites for hydroxylation is 2. The summed E-state index contributed by atoms with van der Waals surface area (Å²) in [6.07, 6.45) is 6.89. The molecule has 21 heavy (non-hydrogen) atoms. The average molecular weight is 284 g/mol. The predicted molar refractivity (Wildman–Crippen MR) is 90.8 cm³/mol. The predicted octanol–water partition coefficient (Wildman–Crippen LogP) is 4.60. The summed E-state index contributed by atoms with van der Waals surface area (Å²) in [6, 6.07) is 9.48. The van der Waals surface area contributed by atoms with Crippen LogP contribution in [-0.4, -0.2) is 11.1 Å². The van der Waals surface area contributed by atoms with E-state index in [2.05, 4.69) is 74.2 Å². The highest BCUT2D eigenvalue weighted by Gasteiger charge is 2.10. The lowest BCUT2D eigenvalue weighted by molar-refractivity contribution is 0.508. The molecule has 0 fully saturated rings. The van der Waals surface area contributed by atoms with Crippen LogP contribution in [0.4, 0.5) is 0 Å². The molecule has 0 radical (unpaired) electrons. The fraction of sp³-hybridized carbons (Fsp3) is 0.474. The zero-order valence-corrected chi connectivity index (χ0v) is 13.8. The van der Waals surface area contributed by atoms with Crippen LogP contribution in [0.1, 0.15) is 55.0 Å². The number of benzene rings is 1. The summed E-state index contributed by atoms with van der Waals surface area (Å²) in [5.41, 5.74) is 5.51. The molecule has 1 N–H and O–H groups in total. The van der Waals surface area contributed by atoms with Crippen molar-refractivity contribution in [3.63, 3.8) is 0 Å². The summed E-state index contributed by atoms with van der Waals surface area (Å²) in [6.45, 7) is 10.7. The van der Waals surface area contributed by atoms with Crippen molar-refractivity contribution < 1.29 is 0 Å². The van der Waals surface area contributed by atoms with Gasteiger partial charge < -0.3 is 9.88 Å². The lowest BCUT2D eigenvalue weighted by atomic mass is 10.1. The fourth-order valence-corrected chi connectivity index (χ4v) is 2.80. The van der Waals surface area contributed by atoms with Gasteiger partial charge in [0.1, 0.15) is 0 Å². The molecule has 2 nitrogen and oxygen atoms in total. The molecular weight excluding hydrogens is 256 g/mol. The number of nitrogens with zero attached hydrogens (tertiary/aromatic N) is 1. The van der Waals surface area contributed by atoms with E-state index >= 15 is 0 Å². The van der Waals surface area contributed by atoms with Crippen molar-refractivity contribution in [2.24, 2.45) is 0 Å². The maximum atomic E-state index is 3.58. The quantitative estimate of drug-likeness (QED) is 0.786. The summed E-state index contributed by atoms with van der Waals surface area (Å²) >= 11 is 0. The molecule has 0 bridgehead atoms. The van der Waals surface area contributed by atoms with Gasteiger partial charge in [-0.05, 0) is 55.1 Å². The van der Waals surface area contributed by atoms with Crippen molar-refractivity contribution in [1.82, 2.24) is 9.88 Å². The topological polar surface area (TPSA) is 17.0 Å². The lowest BCUT2D eigenvalue weighted by Crippen LogP contribution is -2.20. The zero-order chi connectivity index (χ0) is 15.2. The van der Waals surface area contributed by atoms with Crippen LogP contribution in [0.3, 0.4) is 0 Å². The number of hydrogen-bond acceptors (Lipinski definition) is 1. The highest BCUT2D eigenvalue weighted by atomic mass is 15.0. The Morgan fingerprint density at radius 1 is 1.10 bits per heavy atom. The van der Waals surface area contributed by atoms with Crippen LogP contribution >= 0.6 is 0 Å². The van der Waals surface area contributed by atoms with Gasteiger partial charge in [0.2, 0.25) is 0 Å². The number of aromatic nitrogens is 1. The average Bonchev–Trinajstić information content (AvgIpc) is 2.91. The number of nitrogens with one attached hydrogen (secondary N) is 1. The van der Waals surface area contributed by atoms with Gasteiger partial charge in [-0.25, -0.2) is 0 Å². The van der Waals surface area contributed by atoms with Gasteiger partial charge in [-0.15, -0.1) is 0 Å². The van der Waals surface area contributed by atoms with E-state index < -0.39 is 0 Å². The first kappa shape index (κ1) is 15.8. The van der Waals surface area contributed by atoms with E-state index in [0.29, 0.717) is 6.04 Å². The molecule has 1 aromatic heterocycles. The van der Waals surface area contributed by atoms with Crippen LogP contribution in [0.25, 0.3) is 0 Å². The van der Waals surface area contributed by atoms with Gasteiger partial charge in [-0.2, -0.15) is 0 Å². The van der Waals surface area contributed by atoms with Crippen LogP contribution < -0.4 is 5.32 Å². The van der Waals surface area contributed by atoms with E-state index in [1.165, 1.54) is 35.1 Å². The molecule has 0 spiro atoms. The SMILES string of the molecule is CCCC(NCC)c1ccn(Cc2ccc(C)c(C)c2)c1. The third-order valence-corrected chi connectivity index (χ3v) is 4.14. The summed E-state index contributed by atoms with van der Waals surface area (Å²) in [5, 5.41) is 3.58. The van der Waals surface area contributed by atoms with E-state index in [-0.39, 0.29) is 0 Å². The van der Waals surface area contributed by atoms with Gasteiger partial charge in [-0.1, -0.05) is 38.5 Å². The first-order chi connectivity index (χ1) is 10.1. The maximum Gasteiger partial charge on any atom is 0.0470 e. The molecule has 1 atom stereocenters. The summed E-state index contributed by atoms with van der Waals surface area (Å²) in [7, 11) is 0. The van der Waals surface area contributed by atoms with E-state index in [1.54, 1.807) is 0 Å². The Morgan fingerprint density at radius 2 is 1.90 bits per heavy atom. The van der Waals surface area contributed by atoms with E-state index in [9.17, 15) is 0 Å². The Morgan fingerprint density at radius 3 is 2.57 bits per heavy atom. The van der Waals surface area contributed by atoms with Crippen molar-refractivity contribution in [3.8, 4) is 0 Å². The van der Waals surface area contributed by atoms with E-state index in [1.807, 2.05) is 0 Å².